The van der Waals surface area contributed by atoms with E-state index < -0.39 is 0 Å². The Morgan fingerprint density at radius 3 is 2.53 bits per heavy atom. The van der Waals surface area contributed by atoms with Crippen LogP contribution in [0.5, 0.6) is 5.75 Å². The number of rotatable bonds is 5. The summed E-state index contributed by atoms with van der Waals surface area (Å²) in [6.07, 6.45) is 0. The summed E-state index contributed by atoms with van der Waals surface area (Å²) in [4.78, 5) is 16.9. The lowest BCUT2D eigenvalue weighted by atomic mass is 10.1. The third kappa shape index (κ3) is 3.79. The lowest BCUT2D eigenvalue weighted by Gasteiger charge is -2.05. The zero-order valence-corrected chi connectivity index (χ0v) is 17.8. The van der Waals surface area contributed by atoms with E-state index in [9.17, 15) is 4.79 Å². The van der Waals surface area contributed by atoms with E-state index in [2.05, 4.69) is 25.0 Å². The van der Waals surface area contributed by atoms with Crippen molar-refractivity contribution >= 4 is 22.6 Å². The molecule has 0 fully saturated rings. The standard InChI is InChI=1S/C21H20N6O2S/c1-12-5-6-15(11-13(12)2)20(28)23-21-22-19(25-30-21)18-14(3)27(26-24-18)16-7-9-17(29-4)10-8-16/h5-11H,1-4H3,(H,22,23,25,28). The number of hydrogen-bond acceptors (Lipinski definition) is 7. The first kappa shape index (κ1) is 19.7. The zero-order chi connectivity index (χ0) is 21.3. The van der Waals surface area contributed by atoms with Crippen LogP contribution >= 0.6 is 11.5 Å². The van der Waals surface area contributed by atoms with Crippen molar-refractivity contribution in [3.8, 4) is 23.0 Å². The van der Waals surface area contributed by atoms with Crippen LogP contribution in [-0.4, -0.2) is 37.4 Å². The van der Waals surface area contributed by atoms with E-state index in [0.717, 1.165) is 39.8 Å². The van der Waals surface area contributed by atoms with Gasteiger partial charge in [0.05, 0.1) is 18.5 Å². The minimum atomic E-state index is -0.223. The van der Waals surface area contributed by atoms with Gasteiger partial charge in [0.15, 0.2) is 11.5 Å². The minimum absolute atomic E-state index is 0.223. The molecule has 1 N–H and O–H groups in total. The molecule has 1 amide bonds. The maximum Gasteiger partial charge on any atom is 0.257 e. The van der Waals surface area contributed by atoms with Crippen molar-refractivity contribution in [2.24, 2.45) is 0 Å². The first-order valence-electron chi connectivity index (χ1n) is 9.25. The van der Waals surface area contributed by atoms with E-state index in [1.54, 1.807) is 17.9 Å². The second-order valence-corrected chi connectivity index (χ2v) is 7.56. The smallest absolute Gasteiger partial charge is 0.257 e. The van der Waals surface area contributed by atoms with E-state index in [1.807, 2.05) is 57.2 Å². The summed E-state index contributed by atoms with van der Waals surface area (Å²) in [7, 11) is 1.62. The van der Waals surface area contributed by atoms with Gasteiger partial charge < -0.3 is 4.74 Å². The molecule has 0 aliphatic rings. The Hall–Kier alpha value is -3.59. The van der Waals surface area contributed by atoms with Gasteiger partial charge in [0.1, 0.15) is 5.75 Å². The fraction of sp³-hybridized carbons (Fsp3) is 0.190. The molecule has 4 aromatic rings. The number of amides is 1. The van der Waals surface area contributed by atoms with Crippen molar-refractivity contribution in [1.29, 1.82) is 0 Å². The van der Waals surface area contributed by atoms with Crippen LogP contribution < -0.4 is 10.1 Å². The highest BCUT2D eigenvalue weighted by Gasteiger charge is 2.18. The summed E-state index contributed by atoms with van der Waals surface area (Å²) < 4.78 is 11.2. The number of aromatic nitrogens is 5. The molecule has 0 radical (unpaired) electrons. The van der Waals surface area contributed by atoms with Crippen molar-refractivity contribution in [2.45, 2.75) is 20.8 Å². The Labute approximate surface area is 177 Å². The summed E-state index contributed by atoms with van der Waals surface area (Å²) >= 11 is 1.11. The van der Waals surface area contributed by atoms with Crippen molar-refractivity contribution in [2.75, 3.05) is 12.4 Å². The van der Waals surface area contributed by atoms with Crippen LogP contribution in [0.1, 0.15) is 27.2 Å². The molecule has 9 heteroatoms. The summed E-state index contributed by atoms with van der Waals surface area (Å²) in [5.41, 5.74) is 4.99. The molecule has 2 heterocycles. The molecule has 0 aliphatic heterocycles. The van der Waals surface area contributed by atoms with E-state index in [0.29, 0.717) is 22.2 Å². The Kier molecular flexibility index (Phi) is 5.28. The number of anilines is 1. The molecule has 0 unspecified atom stereocenters. The Morgan fingerprint density at radius 1 is 1.07 bits per heavy atom. The van der Waals surface area contributed by atoms with Crippen LogP contribution in [0, 0.1) is 20.8 Å². The second kappa shape index (κ2) is 8.03. The summed E-state index contributed by atoms with van der Waals surface area (Å²) in [5, 5.41) is 11.7. The van der Waals surface area contributed by atoms with Gasteiger partial charge >= 0.3 is 0 Å². The number of methoxy groups -OCH3 is 1. The quantitative estimate of drug-likeness (QED) is 0.525. The molecule has 0 saturated carbocycles. The van der Waals surface area contributed by atoms with Crippen molar-refractivity contribution in [3.05, 3.63) is 64.8 Å². The molecule has 8 nitrogen and oxygen atoms in total. The molecule has 30 heavy (non-hydrogen) atoms. The minimum Gasteiger partial charge on any atom is -0.497 e. The number of hydrogen-bond donors (Lipinski definition) is 1. The predicted molar refractivity (Wildman–Crippen MR) is 115 cm³/mol. The van der Waals surface area contributed by atoms with Gasteiger partial charge in [0, 0.05) is 17.1 Å². The molecule has 152 valence electrons. The zero-order valence-electron chi connectivity index (χ0n) is 17.0. The molecule has 0 bridgehead atoms. The van der Waals surface area contributed by atoms with Crippen LogP contribution in [0.15, 0.2) is 42.5 Å². The number of nitrogens with zero attached hydrogens (tertiary/aromatic N) is 5. The molecule has 0 atom stereocenters. The first-order valence-corrected chi connectivity index (χ1v) is 10.0. The van der Waals surface area contributed by atoms with Gasteiger partial charge in [-0.15, -0.1) is 5.10 Å². The fourth-order valence-corrected chi connectivity index (χ4v) is 3.49. The third-order valence-corrected chi connectivity index (χ3v) is 5.47. The summed E-state index contributed by atoms with van der Waals surface area (Å²) in [6, 6.07) is 13.1. The van der Waals surface area contributed by atoms with Crippen LogP contribution in [0.4, 0.5) is 5.13 Å². The summed E-state index contributed by atoms with van der Waals surface area (Å²) in [6.45, 7) is 5.88. The van der Waals surface area contributed by atoms with Gasteiger partial charge in [-0.05, 0) is 68.3 Å². The van der Waals surface area contributed by atoms with Crippen molar-refractivity contribution in [1.82, 2.24) is 24.4 Å². The fourth-order valence-electron chi connectivity index (χ4n) is 2.93. The van der Waals surface area contributed by atoms with Crippen LogP contribution in [0.3, 0.4) is 0 Å². The Bertz CT molecular complexity index is 1210. The maximum atomic E-state index is 12.5. The van der Waals surface area contributed by atoms with E-state index in [1.165, 1.54) is 0 Å². The average molecular weight is 420 g/mol. The predicted octanol–water partition coefficient (Wildman–Crippen LogP) is 3.97. The van der Waals surface area contributed by atoms with Gasteiger partial charge in [0.25, 0.3) is 5.91 Å². The summed E-state index contributed by atoms with van der Waals surface area (Å²) in [5.74, 6) is 0.967. The van der Waals surface area contributed by atoms with Gasteiger partial charge in [-0.25, -0.2) is 4.68 Å². The lowest BCUT2D eigenvalue weighted by molar-refractivity contribution is 0.102. The van der Waals surface area contributed by atoms with E-state index >= 15 is 0 Å². The van der Waals surface area contributed by atoms with Gasteiger partial charge in [-0.3, -0.25) is 10.1 Å². The highest BCUT2D eigenvalue weighted by molar-refractivity contribution is 7.10. The second-order valence-electron chi connectivity index (χ2n) is 6.81. The van der Waals surface area contributed by atoms with E-state index in [-0.39, 0.29) is 5.91 Å². The van der Waals surface area contributed by atoms with Crippen LogP contribution in [0.2, 0.25) is 0 Å². The molecule has 0 saturated heterocycles. The normalized spacial score (nSPS) is 10.8. The monoisotopic (exact) mass is 420 g/mol. The lowest BCUT2D eigenvalue weighted by Crippen LogP contribution is -2.12. The Morgan fingerprint density at radius 2 is 1.83 bits per heavy atom. The molecule has 2 aromatic heterocycles. The highest BCUT2D eigenvalue weighted by Crippen LogP contribution is 2.25. The largest absolute Gasteiger partial charge is 0.497 e. The topological polar surface area (TPSA) is 94.8 Å². The third-order valence-electron chi connectivity index (χ3n) is 4.84. The molecular weight excluding hydrogens is 400 g/mol. The molecular formula is C21H20N6O2S. The SMILES string of the molecule is COc1ccc(-n2nnc(-c3nsc(NC(=O)c4ccc(C)c(C)c4)n3)c2C)cc1. The number of nitrogens with one attached hydrogen (secondary N) is 1. The number of aryl methyl sites for hydroxylation is 2. The van der Waals surface area contributed by atoms with Crippen LogP contribution in [-0.2, 0) is 0 Å². The van der Waals surface area contributed by atoms with Crippen LogP contribution in [0.25, 0.3) is 17.2 Å². The molecule has 4 rings (SSSR count). The number of carbonyl (C=O) groups excluding carboxylic acids is 1. The number of benzene rings is 2. The molecule has 0 spiro atoms. The van der Waals surface area contributed by atoms with Crippen molar-refractivity contribution in [3.63, 3.8) is 0 Å². The maximum absolute atomic E-state index is 12.5. The first-order chi connectivity index (χ1) is 14.5. The number of ether oxygens (including phenoxy) is 1. The molecule has 0 aliphatic carbocycles. The highest BCUT2D eigenvalue weighted by atomic mass is 32.1. The Balaban J connectivity index is 1.54. The van der Waals surface area contributed by atoms with Gasteiger partial charge in [0.2, 0.25) is 5.13 Å². The van der Waals surface area contributed by atoms with Gasteiger partial charge in [-0.2, -0.15) is 9.36 Å². The average Bonchev–Trinajstić information content (AvgIpc) is 3.36. The van der Waals surface area contributed by atoms with Crippen molar-refractivity contribution < 1.29 is 9.53 Å². The van der Waals surface area contributed by atoms with E-state index in [4.69, 9.17) is 4.74 Å². The molecule has 2 aromatic carbocycles. The number of carbonyl (C=O) groups is 1. The van der Waals surface area contributed by atoms with Gasteiger partial charge in [-0.1, -0.05) is 11.3 Å².